The van der Waals surface area contributed by atoms with Crippen LogP contribution in [0.15, 0.2) is 24.3 Å². The number of benzene rings is 1. The summed E-state index contributed by atoms with van der Waals surface area (Å²) in [4.78, 5) is 0. The lowest BCUT2D eigenvalue weighted by molar-refractivity contribution is 0.177. The van der Waals surface area contributed by atoms with E-state index in [4.69, 9.17) is 5.11 Å². The third-order valence-corrected chi connectivity index (χ3v) is 1.37. The lowest BCUT2D eigenvalue weighted by atomic mass is 10.1. The molecule has 0 saturated heterocycles. The normalized spacial score (nSPS) is 9.80. The summed E-state index contributed by atoms with van der Waals surface area (Å²) in [5, 5.41) is 18.9. The molecule has 0 bridgehead atoms. The van der Waals surface area contributed by atoms with Crippen molar-refractivity contribution >= 4 is 0 Å². The highest BCUT2D eigenvalue weighted by Gasteiger charge is 1.90. The van der Waals surface area contributed by atoms with Crippen LogP contribution in [0.4, 0.5) is 0 Å². The van der Waals surface area contributed by atoms with Gasteiger partial charge in [-0.3, -0.25) is 0 Å². The van der Waals surface area contributed by atoms with Crippen molar-refractivity contribution in [2.75, 3.05) is 0 Å². The Kier molecular flexibility index (Phi) is 2.42. The van der Waals surface area contributed by atoms with Crippen LogP contribution in [0.25, 0.3) is 0 Å². The van der Waals surface area contributed by atoms with E-state index in [0.717, 1.165) is 11.1 Å². The highest BCUT2D eigenvalue weighted by molar-refractivity contribution is 5.21. The molecule has 1 N–H and O–H groups in total. The van der Waals surface area contributed by atoms with Gasteiger partial charge < -0.3 is 5.11 Å². The monoisotopic (exact) mass is 137 g/mol. The molecule has 0 atom stereocenters. The fourth-order valence-corrected chi connectivity index (χ4v) is 0.741. The third kappa shape index (κ3) is 1.56. The quantitative estimate of drug-likeness (QED) is 0.651. The summed E-state index contributed by atoms with van der Waals surface area (Å²) < 4.78 is 0. The molecule has 0 amide bonds. The van der Waals surface area contributed by atoms with Gasteiger partial charge in [-0.15, -0.1) is 0 Å². The minimum absolute atomic E-state index is 0.0408. The molecule has 1 rings (SSSR count). The Morgan fingerprint density at radius 3 is 2.00 bits per heavy atom. The largest absolute Gasteiger partial charge is 0.392 e. The van der Waals surface area contributed by atoms with Gasteiger partial charge in [0.25, 0.3) is 0 Å². The zero-order valence-corrected chi connectivity index (χ0v) is 5.58. The van der Waals surface area contributed by atoms with Crippen molar-refractivity contribution in [1.29, 1.82) is 0 Å². The number of aliphatic hydroxyl groups excluding tert-OH is 1. The van der Waals surface area contributed by atoms with Crippen molar-refractivity contribution in [2.45, 2.75) is 13.2 Å². The van der Waals surface area contributed by atoms with Gasteiger partial charge >= 0.3 is 0 Å². The van der Waals surface area contributed by atoms with Crippen molar-refractivity contribution in [3.05, 3.63) is 35.4 Å². The third-order valence-electron chi connectivity index (χ3n) is 1.37. The average Bonchev–Trinajstić information content (AvgIpc) is 2.05. The molecular formula is C8H9O2. The van der Waals surface area contributed by atoms with Crippen LogP contribution in [0, 0.1) is 0 Å². The molecule has 0 heterocycles. The lowest BCUT2D eigenvalue weighted by Gasteiger charge is -1.95. The van der Waals surface area contributed by atoms with E-state index in [1.807, 2.05) is 0 Å². The van der Waals surface area contributed by atoms with Gasteiger partial charge in [-0.1, -0.05) is 24.3 Å². The first kappa shape index (κ1) is 7.25. The zero-order chi connectivity index (χ0) is 7.40. The molecule has 0 saturated carbocycles. The minimum atomic E-state index is -0.189. The van der Waals surface area contributed by atoms with E-state index in [0.29, 0.717) is 0 Å². The highest BCUT2D eigenvalue weighted by atomic mass is 16.3. The highest BCUT2D eigenvalue weighted by Crippen LogP contribution is 2.03. The molecule has 0 spiro atoms. The van der Waals surface area contributed by atoms with E-state index in [1.54, 1.807) is 24.3 Å². The van der Waals surface area contributed by atoms with Gasteiger partial charge in [0.2, 0.25) is 0 Å². The fraction of sp³-hybridized carbons (Fsp3) is 0.250. The van der Waals surface area contributed by atoms with Gasteiger partial charge in [-0.25, -0.2) is 5.11 Å². The standard InChI is InChI=1S/C8H9O2/c9-5-7-1-2-8(6-10)4-3-7/h1-4,9H,5-6H2. The summed E-state index contributed by atoms with van der Waals surface area (Å²) >= 11 is 0. The minimum Gasteiger partial charge on any atom is -0.392 e. The Morgan fingerprint density at radius 2 is 1.60 bits per heavy atom. The number of hydrogen-bond acceptors (Lipinski definition) is 1. The molecule has 1 aromatic rings. The SMILES string of the molecule is [O]Cc1ccc(CO)cc1. The van der Waals surface area contributed by atoms with Gasteiger partial charge in [0.15, 0.2) is 0 Å². The Hall–Kier alpha value is -0.860. The summed E-state index contributed by atoms with van der Waals surface area (Å²) in [6, 6.07) is 6.98. The van der Waals surface area contributed by atoms with E-state index < -0.39 is 0 Å². The van der Waals surface area contributed by atoms with Crippen LogP contribution >= 0.6 is 0 Å². The maximum Gasteiger partial charge on any atom is 0.107 e. The van der Waals surface area contributed by atoms with Crippen LogP contribution in [0.2, 0.25) is 0 Å². The average molecular weight is 137 g/mol. The molecule has 2 nitrogen and oxygen atoms in total. The van der Waals surface area contributed by atoms with Crippen molar-refractivity contribution in [3.8, 4) is 0 Å². The van der Waals surface area contributed by atoms with E-state index >= 15 is 0 Å². The molecule has 0 aliphatic heterocycles. The first-order valence-corrected chi connectivity index (χ1v) is 3.13. The first-order valence-electron chi connectivity index (χ1n) is 3.13. The second-order valence-electron chi connectivity index (χ2n) is 2.12. The lowest BCUT2D eigenvalue weighted by Crippen LogP contribution is -1.84. The molecule has 2 heteroatoms. The van der Waals surface area contributed by atoms with Crippen LogP contribution in [0.5, 0.6) is 0 Å². The Balaban J connectivity index is 2.80. The molecule has 53 valence electrons. The summed E-state index contributed by atoms with van der Waals surface area (Å²) in [6.45, 7) is -0.148. The molecular weight excluding hydrogens is 128 g/mol. The molecule has 1 aromatic carbocycles. The summed E-state index contributed by atoms with van der Waals surface area (Å²) in [6.07, 6.45) is 0. The predicted octanol–water partition coefficient (Wildman–Crippen LogP) is 1.11. The van der Waals surface area contributed by atoms with Gasteiger partial charge in [0.05, 0.1) is 6.61 Å². The molecule has 0 aromatic heterocycles. The van der Waals surface area contributed by atoms with Gasteiger partial charge in [-0.2, -0.15) is 0 Å². The van der Waals surface area contributed by atoms with Crippen molar-refractivity contribution < 1.29 is 10.2 Å². The van der Waals surface area contributed by atoms with Crippen LogP contribution in [0.3, 0.4) is 0 Å². The fourth-order valence-electron chi connectivity index (χ4n) is 0.741. The smallest absolute Gasteiger partial charge is 0.107 e. The second-order valence-corrected chi connectivity index (χ2v) is 2.12. The topological polar surface area (TPSA) is 40.1 Å². The number of rotatable bonds is 2. The summed E-state index contributed by atoms with van der Waals surface area (Å²) in [5.74, 6) is 0. The molecule has 0 aliphatic rings. The zero-order valence-electron chi connectivity index (χ0n) is 5.58. The van der Waals surface area contributed by atoms with Gasteiger partial charge in [0, 0.05) is 0 Å². The van der Waals surface area contributed by atoms with Gasteiger partial charge in [0.1, 0.15) is 6.61 Å². The summed E-state index contributed by atoms with van der Waals surface area (Å²) in [5.41, 5.74) is 1.61. The Bertz CT molecular complexity index is 168. The van der Waals surface area contributed by atoms with Gasteiger partial charge in [-0.05, 0) is 11.1 Å². The van der Waals surface area contributed by atoms with Crippen LogP contribution in [-0.4, -0.2) is 5.11 Å². The molecule has 0 fully saturated rings. The van der Waals surface area contributed by atoms with Crippen molar-refractivity contribution in [3.63, 3.8) is 0 Å². The van der Waals surface area contributed by atoms with Crippen molar-refractivity contribution in [2.24, 2.45) is 0 Å². The predicted molar refractivity (Wildman–Crippen MR) is 36.8 cm³/mol. The first-order chi connectivity index (χ1) is 4.86. The van der Waals surface area contributed by atoms with Crippen molar-refractivity contribution in [1.82, 2.24) is 0 Å². The van der Waals surface area contributed by atoms with E-state index in [2.05, 4.69) is 0 Å². The number of hydrogen-bond donors (Lipinski definition) is 1. The molecule has 10 heavy (non-hydrogen) atoms. The van der Waals surface area contributed by atoms with E-state index in [9.17, 15) is 5.11 Å². The Labute approximate surface area is 59.7 Å². The second kappa shape index (κ2) is 3.34. The van der Waals surface area contributed by atoms with Crippen LogP contribution in [0.1, 0.15) is 11.1 Å². The maximum absolute atomic E-state index is 10.3. The maximum atomic E-state index is 10.3. The summed E-state index contributed by atoms with van der Waals surface area (Å²) in [7, 11) is 0. The van der Waals surface area contributed by atoms with E-state index in [-0.39, 0.29) is 13.2 Å². The van der Waals surface area contributed by atoms with Crippen LogP contribution < -0.4 is 0 Å². The number of aliphatic hydroxyl groups is 1. The van der Waals surface area contributed by atoms with E-state index in [1.165, 1.54) is 0 Å². The molecule has 0 aliphatic carbocycles. The molecule has 1 radical (unpaired) electrons. The molecule has 0 unspecified atom stereocenters. The Morgan fingerprint density at radius 1 is 1.10 bits per heavy atom. The van der Waals surface area contributed by atoms with Crippen LogP contribution in [-0.2, 0) is 18.3 Å².